The third-order valence-electron chi connectivity index (χ3n) is 2.18. The van der Waals surface area contributed by atoms with E-state index in [0.29, 0.717) is 0 Å². The number of halogens is 1. The number of pyridine rings is 1. The molecule has 0 bridgehead atoms. The van der Waals surface area contributed by atoms with E-state index >= 15 is 0 Å². The molecule has 0 aliphatic carbocycles. The van der Waals surface area contributed by atoms with Gasteiger partial charge in [-0.1, -0.05) is 6.92 Å². The molecule has 5 nitrogen and oxygen atoms in total. The molecule has 0 saturated heterocycles. The number of anilines is 1. The molecule has 0 aromatic carbocycles. The van der Waals surface area contributed by atoms with Crippen LogP contribution in [-0.2, 0) is 11.8 Å². The van der Waals surface area contributed by atoms with Gasteiger partial charge in [0, 0.05) is 25.7 Å². The number of carbonyl (C=O) groups excluding carboxylic acids is 1. The van der Waals surface area contributed by atoms with Gasteiger partial charge in [-0.2, -0.15) is 0 Å². The van der Waals surface area contributed by atoms with E-state index in [1.54, 1.807) is 32.3 Å². The van der Waals surface area contributed by atoms with Gasteiger partial charge in [-0.05, 0) is 12.1 Å². The minimum Gasteiger partial charge on any atom is -0.330 e. The van der Waals surface area contributed by atoms with Crippen molar-refractivity contribution in [2.75, 3.05) is 11.9 Å². The number of hydrogen-bond donors (Lipinski definition) is 2. The van der Waals surface area contributed by atoms with Crippen molar-refractivity contribution in [3.63, 3.8) is 0 Å². The highest BCUT2D eigenvalue weighted by molar-refractivity contribution is 5.92. The zero-order valence-electron chi connectivity index (χ0n) is 9.27. The molecule has 0 spiro atoms. The molecule has 0 aliphatic heterocycles. The Bertz CT molecular complexity index is 417. The maximum Gasteiger partial charge on any atom is 0.274 e. The molecule has 1 unspecified atom stereocenters. The van der Waals surface area contributed by atoms with Gasteiger partial charge in [-0.3, -0.25) is 9.59 Å². The van der Waals surface area contributed by atoms with Crippen LogP contribution in [0.4, 0.5) is 5.69 Å². The van der Waals surface area contributed by atoms with Crippen LogP contribution in [0.1, 0.15) is 6.92 Å². The van der Waals surface area contributed by atoms with Gasteiger partial charge in [0.1, 0.15) is 5.69 Å². The second kappa shape index (κ2) is 6.30. The van der Waals surface area contributed by atoms with Crippen molar-refractivity contribution < 1.29 is 4.79 Å². The van der Waals surface area contributed by atoms with Crippen molar-refractivity contribution in [2.45, 2.75) is 6.92 Å². The number of nitrogens with two attached hydrogens (primary N) is 1. The first kappa shape index (κ1) is 14.7. The van der Waals surface area contributed by atoms with E-state index in [-0.39, 0.29) is 42.0 Å². The number of hydrogen-bond acceptors (Lipinski definition) is 3. The Kier molecular flexibility index (Phi) is 5.77. The Hall–Kier alpha value is -1.33. The van der Waals surface area contributed by atoms with Crippen LogP contribution < -0.4 is 16.6 Å². The molecule has 6 heteroatoms. The molecule has 1 atom stereocenters. The Balaban J connectivity index is 0.00000225. The quantitative estimate of drug-likeness (QED) is 0.806. The number of aryl methyl sites for hydroxylation is 1. The Labute approximate surface area is 100 Å². The topological polar surface area (TPSA) is 77.1 Å². The van der Waals surface area contributed by atoms with E-state index in [2.05, 4.69) is 5.32 Å². The van der Waals surface area contributed by atoms with Crippen LogP contribution in [0.15, 0.2) is 23.1 Å². The van der Waals surface area contributed by atoms with E-state index in [1.165, 1.54) is 4.57 Å². The van der Waals surface area contributed by atoms with Crippen LogP contribution in [0, 0.1) is 5.92 Å². The summed E-state index contributed by atoms with van der Waals surface area (Å²) in [6, 6.07) is 3.27. The number of aromatic nitrogens is 1. The van der Waals surface area contributed by atoms with Crippen molar-refractivity contribution in [3.8, 4) is 0 Å². The van der Waals surface area contributed by atoms with Crippen LogP contribution in [0.3, 0.4) is 0 Å². The highest BCUT2D eigenvalue weighted by Crippen LogP contribution is 2.01. The van der Waals surface area contributed by atoms with E-state index in [0.717, 1.165) is 0 Å². The number of nitrogens with zero attached hydrogens (tertiary/aromatic N) is 1. The maximum absolute atomic E-state index is 11.5. The summed E-state index contributed by atoms with van der Waals surface area (Å²) in [6.45, 7) is 1.97. The molecule has 1 heterocycles. The lowest BCUT2D eigenvalue weighted by molar-refractivity contribution is -0.119. The minimum atomic E-state index is -0.296. The molecule has 0 radical (unpaired) electrons. The van der Waals surface area contributed by atoms with Gasteiger partial charge in [0.2, 0.25) is 5.91 Å². The zero-order chi connectivity index (χ0) is 11.4. The summed E-state index contributed by atoms with van der Waals surface area (Å²) in [5.41, 5.74) is 5.41. The van der Waals surface area contributed by atoms with Crippen LogP contribution in [-0.4, -0.2) is 17.0 Å². The molecule has 1 rings (SSSR count). The molecule has 16 heavy (non-hydrogen) atoms. The van der Waals surface area contributed by atoms with Gasteiger partial charge in [-0.15, -0.1) is 12.4 Å². The average Bonchev–Trinajstić information content (AvgIpc) is 2.23. The van der Waals surface area contributed by atoms with Crippen molar-refractivity contribution in [1.29, 1.82) is 0 Å². The lowest BCUT2D eigenvalue weighted by atomic mass is 10.1. The molecule has 90 valence electrons. The van der Waals surface area contributed by atoms with E-state index in [1.807, 2.05) is 0 Å². The van der Waals surface area contributed by atoms with Crippen LogP contribution in [0.25, 0.3) is 0 Å². The lowest BCUT2D eigenvalue weighted by Gasteiger charge is -2.09. The number of nitrogens with one attached hydrogen (secondary N) is 1. The third-order valence-corrected chi connectivity index (χ3v) is 2.18. The van der Waals surface area contributed by atoms with Crippen molar-refractivity contribution >= 4 is 24.0 Å². The molecule has 1 aromatic rings. The predicted octanol–water partition coefficient (Wildman–Crippen LogP) is 0.340. The van der Waals surface area contributed by atoms with Crippen LogP contribution in [0.2, 0.25) is 0 Å². The van der Waals surface area contributed by atoms with Crippen LogP contribution >= 0.6 is 12.4 Å². The molecule has 1 amide bonds. The highest BCUT2D eigenvalue weighted by atomic mass is 35.5. The Morgan fingerprint density at radius 2 is 2.25 bits per heavy atom. The first-order chi connectivity index (χ1) is 7.06. The summed E-state index contributed by atoms with van der Waals surface area (Å²) in [7, 11) is 1.63. The fourth-order valence-corrected chi connectivity index (χ4v) is 1.06. The van der Waals surface area contributed by atoms with Crippen molar-refractivity contribution in [1.82, 2.24) is 4.57 Å². The number of carbonyl (C=O) groups is 1. The summed E-state index contributed by atoms with van der Waals surface area (Å²) in [5, 5.41) is 2.55. The van der Waals surface area contributed by atoms with Gasteiger partial charge in [-0.25, -0.2) is 0 Å². The van der Waals surface area contributed by atoms with Crippen LogP contribution in [0.5, 0.6) is 0 Å². The highest BCUT2D eigenvalue weighted by Gasteiger charge is 2.12. The summed E-state index contributed by atoms with van der Waals surface area (Å²) < 4.78 is 1.41. The monoisotopic (exact) mass is 245 g/mol. The standard InChI is InChI=1S/C10H15N3O2.ClH/c1-7(6-11)9(14)12-8-4-3-5-13(2)10(8)15;/h3-5,7H,6,11H2,1-2H3,(H,12,14);1H. The third kappa shape index (κ3) is 3.36. The Morgan fingerprint density at radius 3 is 2.81 bits per heavy atom. The van der Waals surface area contributed by atoms with E-state index in [4.69, 9.17) is 5.73 Å². The molecule has 0 saturated carbocycles. The van der Waals surface area contributed by atoms with Crippen molar-refractivity contribution in [3.05, 3.63) is 28.7 Å². The molecular weight excluding hydrogens is 230 g/mol. The fraction of sp³-hybridized carbons (Fsp3) is 0.400. The first-order valence-corrected chi connectivity index (χ1v) is 4.73. The van der Waals surface area contributed by atoms with Gasteiger partial charge in [0.15, 0.2) is 0 Å². The average molecular weight is 246 g/mol. The Morgan fingerprint density at radius 1 is 1.62 bits per heavy atom. The molecule has 3 N–H and O–H groups in total. The summed E-state index contributed by atoms with van der Waals surface area (Å²) >= 11 is 0. The van der Waals surface area contributed by atoms with Gasteiger partial charge in [0.05, 0.1) is 0 Å². The summed E-state index contributed by atoms with van der Waals surface area (Å²) in [4.78, 5) is 23.0. The SMILES string of the molecule is CC(CN)C(=O)Nc1cccn(C)c1=O.Cl. The zero-order valence-corrected chi connectivity index (χ0v) is 10.1. The normalized spacial score (nSPS) is 11.4. The number of rotatable bonds is 3. The lowest BCUT2D eigenvalue weighted by Crippen LogP contribution is -2.30. The molecular formula is C10H16ClN3O2. The second-order valence-electron chi connectivity index (χ2n) is 3.46. The summed E-state index contributed by atoms with van der Waals surface area (Å²) in [6.07, 6.45) is 1.63. The molecule has 0 aliphatic rings. The van der Waals surface area contributed by atoms with Gasteiger partial charge >= 0.3 is 0 Å². The smallest absolute Gasteiger partial charge is 0.274 e. The first-order valence-electron chi connectivity index (χ1n) is 4.73. The molecule has 0 fully saturated rings. The van der Waals surface area contributed by atoms with E-state index < -0.39 is 0 Å². The summed E-state index contributed by atoms with van der Waals surface area (Å²) in [5.74, 6) is -0.532. The fourth-order valence-electron chi connectivity index (χ4n) is 1.06. The van der Waals surface area contributed by atoms with Gasteiger partial charge < -0.3 is 15.6 Å². The maximum atomic E-state index is 11.5. The van der Waals surface area contributed by atoms with Gasteiger partial charge in [0.25, 0.3) is 5.56 Å². The largest absolute Gasteiger partial charge is 0.330 e. The number of amides is 1. The van der Waals surface area contributed by atoms with Crippen molar-refractivity contribution in [2.24, 2.45) is 18.7 Å². The molecule has 1 aromatic heterocycles. The predicted molar refractivity (Wildman–Crippen MR) is 65.8 cm³/mol. The van der Waals surface area contributed by atoms with E-state index in [9.17, 15) is 9.59 Å². The minimum absolute atomic E-state index is 0. The second-order valence-corrected chi connectivity index (χ2v) is 3.46.